The maximum Gasteiger partial charge on any atom is 0.221 e. The third-order valence-electron chi connectivity index (χ3n) is 3.82. The number of aromatic amines is 1. The number of carbonyl (C=O) groups is 1. The summed E-state index contributed by atoms with van der Waals surface area (Å²) in [7, 11) is 1.64. The van der Waals surface area contributed by atoms with Gasteiger partial charge in [0.25, 0.3) is 0 Å². The van der Waals surface area contributed by atoms with Crippen molar-refractivity contribution in [2.75, 3.05) is 7.11 Å². The molecule has 2 aromatic rings. The molecule has 0 aliphatic carbocycles. The lowest BCUT2D eigenvalue weighted by atomic mass is 9.97. The summed E-state index contributed by atoms with van der Waals surface area (Å²) in [6, 6.07) is 7.65. The number of aryl methyl sites for hydroxylation is 1. The van der Waals surface area contributed by atoms with Crippen LogP contribution in [0.4, 0.5) is 0 Å². The Morgan fingerprint density at radius 2 is 2.22 bits per heavy atom. The van der Waals surface area contributed by atoms with Crippen LogP contribution in [0.5, 0.6) is 5.75 Å². The van der Waals surface area contributed by atoms with Gasteiger partial charge in [-0.25, -0.2) is 4.98 Å². The van der Waals surface area contributed by atoms with Crippen LogP contribution < -0.4 is 10.1 Å². The van der Waals surface area contributed by atoms with E-state index in [1.54, 1.807) is 7.11 Å². The lowest BCUT2D eigenvalue weighted by molar-refractivity contribution is -0.122. The van der Waals surface area contributed by atoms with E-state index in [0.29, 0.717) is 12.2 Å². The molecule has 2 N–H and O–H groups in total. The largest absolute Gasteiger partial charge is 0.497 e. The highest BCUT2D eigenvalue weighted by Gasteiger charge is 2.19. The van der Waals surface area contributed by atoms with Crippen molar-refractivity contribution in [2.24, 2.45) is 0 Å². The topological polar surface area (TPSA) is 79.9 Å². The Balaban J connectivity index is 1.97. The third kappa shape index (κ3) is 4.55. The fourth-order valence-electron chi connectivity index (χ4n) is 2.46. The molecule has 6 nitrogen and oxygen atoms in total. The smallest absolute Gasteiger partial charge is 0.221 e. The van der Waals surface area contributed by atoms with Gasteiger partial charge in [0.15, 0.2) is 5.82 Å². The van der Waals surface area contributed by atoms with Crippen molar-refractivity contribution in [1.82, 2.24) is 20.5 Å². The number of nitrogens with one attached hydrogen (secondary N) is 2. The molecular weight excluding hydrogens is 292 g/mol. The zero-order chi connectivity index (χ0) is 16.8. The number of nitrogens with zero attached hydrogens (tertiary/aromatic N) is 2. The minimum Gasteiger partial charge on any atom is -0.497 e. The highest BCUT2D eigenvalue weighted by atomic mass is 16.5. The predicted molar refractivity (Wildman–Crippen MR) is 88.3 cm³/mol. The molecule has 23 heavy (non-hydrogen) atoms. The normalized spacial score (nSPS) is 13.4. The van der Waals surface area contributed by atoms with Crippen LogP contribution in [-0.4, -0.2) is 28.2 Å². The van der Waals surface area contributed by atoms with Crippen molar-refractivity contribution in [3.63, 3.8) is 0 Å². The highest BCUT2D eigenvalue weighted by molar-refractivity contribution is 5.77. The number of hydrogen-bond donors (Lipinski definition) is 2. The van der Waals surface area contributed by atoms with Crippen LogP contribution in [0.2, 0.25) is 0 Å². The van der Waals surface area contributed by atoms with Gasteiger partial charge in [-0.1, -0.05) is 26.0 Å². The number of benzene rings is 1. The number of methoxy groups -OCH3 is 1. The van der Waals surface area contributed by atoms with Gasteiger partial charge in [-0.2, -0.15) is 5.10 Å². The average Bonchev–Trinajstić information content (AvgIpc) is 2.98. The molecule has 124 valence electrons. The van der Waals surface area contributed by atoms with Gasteiger partial charge in [-0.15, -0.1) is 0 Å². The fraction of sp³-hybridized carbons (Fsp3) is 0.471. The van der Waals surface area contributed by atoms with Crippen LogP contribution in [0.25, 0.3) is 0 Å². The molecule has 0 fully saturated rings. The SMILES string of the molecule is CC[C@H](NC(=O)C[C@@H](C)c1cccc(OC)c1)c1n[nH]c(C)n1. The summed E-state index contributed by atoms with van der Waals surface area (Å²) in [6.07, 6.45) is 1.16. The minimum absolute atomic E-state index is 0.00498. The molecule has 2 atom stereocenters. The molecule has 6 heteroatoms. The molecule has 0 aliphatic rings. The minimum atomic E-state index is -0.162. The van der Waals surface area contributed by atoms with E-state index < -0.39 is 0 Å². The first-order valence-corrected chi connectivity index (χ1v) is 7.85. The maximum absolute atomic E-state index is 12.3. The fourth-order valence-corrected chi connectivity index (χ4v) is 2.46. The molecule has 0 spiro atoms. The van der Waals surface area contributed by atoms with Crippen molar-refractivity contribution >= 4 is 5.91 Å². The number of ether oxygens (including phenoxy) is 1. The van der Waals surface area contributed by atoms with E-state index in [0.717, 1.165) is 23.6 Å². The van der Waals surface area contributed by atoms with Crippen LogP contribution in [0.15, 0.2) is 24.3 Å². The van der Waals surface area contributed by atoms with E-state index in [1.807, 2.05) is 45.0 Å². The lowest BCUT2D eigenvalue weighted by Gasteiger charge is -2.17. The van der Waals surface area contributed by atoms with Gasteiger partial charge in [-0.3, -0.25) is 9.89 Å². The summed E-state index contributed by atoms with van der Waals surface area (Å²) in [5.41, 5.74) is 1.08. The Hall–Kier alpha value is -2.37. The first-order chi connectivity index (χ1) is 11.0. The van der Waals surface area contributed by atoms with Crippen molar-refractivity contribution < 1.29 is 9.53 Å². The Kier molecular flexibility index (Phi) is 5.73. The van der Waals surface area contributed by atoms with Crippen molar-refractivity contribution in [3.8, 4) is 5.75 Å². The second-order valence-electron chi connectivity index (χ2n) is 5.69. The van der Waals surface area contributed by atoms with Gasteiger partial charge in [0, 0.05) is 6.42 Å². The highest BCUT2D eigenvalue weighted by Crippen LogP contribution is 2.23. The summed E-state index contributed by atoms with van der Waals surface area (Å²) in [5.74, 6) is 2.29. The molecule has 1 aromatic carbocycles. The zero-order valence-electron chi connectivity index (χ0n) is 14.1. The molecule has 0 radical (unpaired) electrons. The van der Waals surface area contributed by atoms with Crippen LogP contribution >= 0.6 is 0 Å². The molecule has 0 saturated carbocycles. The summed E-state index contributed by atoms with van der Waals surface area (Å²) in [6.45, 7) is 5.88. The molecule has 0 aliphatic heterocycles. The van der Waals surface area contributed by atoms with Crippen molar-refractivity contribution in [3.05, 3.63) is 41.5 Å². The Morgan fingerprint density at radius 1 is 1.43 bits per heavy atom. The third-order valence-corrected chi connectivity index (χ3v) is 3.82. The van der Waals surface area contributed by atoms with E-state index in [4.69, 9.17) is 4.74 Å². The first-order valence-electron chi connectivity index (χ1n) is 7.85. The van der Waals surface area contributed by atoms with E-state index >= 15 is 0 Å². The molecule has 1 amide bonds. The summed E-state index contributed by atoms with van der Waals surface area (Å²) < 4.78 is 5.23. The van der Waals surface area contributed by atoms with Crippen molar-refractivity contribution in [2.45, 2.75) is 45.6 Å². The Morgan fingerprint density at radius 3 is 2.83 bits per heavy atom. The molecule has 0 bridgehead atoms. The predicted octanol–water partition coefficient (Wildman–Crippen LogP) is 2.88. The maximum atomic E-state index is 12.3. The molecular formula is C17H24N4O2. The summed E-state index contributed by atoms with van der Waals surface area (Å²) in [4.78, 5) is 16.6. The number of hydrogen-bond acceptors (Lipinski definition) is 4. The molecule has 0 unspecified atom stereocenters. The number of carbonyl (C=O) groups excluding carboxylic acids is 1. The van der Waals surface area contributed by atoms with Gasteiger partial charge >= 0.3 is 0 Å². The number of aromatic nitrogens is 3. The van der Waals surface area contributed by atoms with Crippen LogP contribution in [0.3, 0.4) is 0 Å². The van der Waals surface area contributed by atoms with E-state index in [-0.39, 0.29) is 17.9 Å². The van der Waals surface area contributed by atoms with Gasteiger partial charge in [0.05, 0.1) is 13.2 Å². The average molecular weight is 316 g/mol. The van der Waals surface area contributed by atoms with E-state index in [2.05, 4.69) is 20.5 Å². The Bertz CT molecular complexity index is 654. The van der Waals surface area contributed by atoms with Gasteiger partial charge in [0.1, 0.15) is 11.6 Å². The van der Waals surface area contributed by atoms with Gasteiger partial charge < -0.3 is 10.1 Å². The van der Waals surface area contributed by atoms with Crippen LogP contribution in [0, 0.1) is 6.92 Å². The second kappa shape index (κ2) is 7.76. The molecule has 0 saturated heterocycles. The molecule has 1 heterocycles. The standard InChI is InChI=1S/C17H24N4O2/c1-5-15(17-18-12(3)20-21-17)19-16(22)9-11(2)13-7-6-8-14(10-13)23-4/h6-8,10-11,15H,5,9H2,1-4H3,(H,19,22)(H,18,20,21)/t11-,15+/m1/s1. The quantitative estimate of drug-likeness (QED) is 0.823. The summed E-state index contributed by atoms with van der Waals surface area (Å²) >= 11 is 0. The monoisotopic (exact) mass is 316 g/mol. The molecule has 1 aromatic heterocycles. The first kappa shape index (κ1) is 17.0. The lowest BCUT2D eigenvalue weighted by Crippen LogP contribution is -2.29. The number of rotatable bonds is 7. The van der Waals surface area contributed by atoms with Crippen LogP contribution in [-0.2, 0) is 4.79 Å². The van der Waals surface area contributed by atoms with Crippen LogP contribution in [0.1, 0.15) is 55.9 Å². The Labute approximate surface area is 136 Å². The summed E-state index contributed by atoms with van der Waals surface area (Å²) in [5, 5.41) is 9.95. The van der Waals surface area contributed by atoms with Gasteiger partial charge in [-0.05, 0) is 37.0 Å². The number of amides is 1. The zero-order valence-corrected chi connectivity index (χ0v) is 14.1. The second-order valence-corrected chi connectivity index (χ2v) is 5.69. The number of H-pyrrole nitrogens is 1. The molecule has 2 rings (SSSR count). The van der Waals surface area contributed by atoms with E-state index in [1.165, 1.54) is 0 Å². The van der Waals surface area contributed by atoms with Gasteiger partial charge in [0.2, 0.25) is 5.91 Å². The van der Waals surface area contributed by atoms with E-state index in [9.17, 15) is 4.79 Å². The van der Waals surface area contributed by atoms with Crippen molar-refractivity contribution in [1.29, 1.82) is 0 Å².